The van der Waals surface area contributed by atoms with Crippen LogP contribution in [0.1, 0.15) is 19.0 Å². The average Bonchev–Trinajstić information content (AvgIpc) is 2.78. The highest BCUT2D eigenvalue weighted by Crippen LogP contribution is 2.21. The number of anilines is 1. The van der Waals surface area contributed by atoms with Crippen molar-refractivity contribution in [3.63, 3.8) is 0 Å². The largest absolute Gasteiger partial charge is 0.369 e. The predicted octanol–water partition coefficient (Wildman–Crippen LogP) is 0.912. The fourth-order valence-corrected chi connectivity index (χ4v) is 2.64. The van der Waals surface area contributed by atoms with E-state index in [-0.39, 0.29) is 0 Å². The Balaban J connectivity index is 2.36. The number of imidazole rings is 1. The van der Waals surface area contributed by atoms with E-state index in [0.29, 0.717) is 11.7 Å². The van der Waals surface area contributed by atoms with Crippen LogP contribution in [0.3, 0.4) is 0 Å². The quantitative estimate of drug-likeness (QED) is 0.875. The van der Waals surface area contributed by atoms with Crippen molar-refractivity contribution >= 4 is 27.9 Å². The van der Waals surface area contributed by atoms with E-state index in [9.17, 15) is 4.21 Å². The van der Waals surface area contributed by atoms with Gasteiger partial charge in [0.05, 0.1) is 5.69 Å². The van der Waals surface area contributed by atoms with E-state index in [0.717, 1.165) is 36.4 Å². The van der Waals surface area contributed by atoms with Crippen molar-refractivity contribution in [1.29, 1.82) is 0 Å². The molecule has 2 heterocycles. The zero-order valence-corrected chi connectivity index (χ0v) is 11.8. The Morgan fingerprint density at radius 2 is 2.17 bits per heavy atom. The molecule has 0 aliphatic rings. The summed E-state index contributed by atoms with van der Waals surface area (Å²) in [4.78, 5) is 4.36. The second-order valence-electron chi connectivity index (χ2n) is 4.33. The third-order valence-electron chi connectivity index (χ3n) is 2.94. The summed E-state index contributed by atoms with van der Waals surface area (Å²) in [7, 11) is -0.766. The third-order valence-corrected chi connectivity index (χ3v) is 3.80. The Bertz CT molecular complexity index is 586. The fraction of sp³-hybridized carbons (Fsp3) is 0.636. The van der Waals surface area contributed by atoms with Crippen molar-refractivity contribution in [3.05, 3.63) is 5.69 Å². The zero-order valence-electron chi connectivity index (χ0n) is 11.0. The van der Waals surface area contributed by atoms with E-state index >= 15 is 0 Å². The molecular formula is C11H19N5OS. The molecule has 100 valence electrons. The first-order valence-electron chi connectivity index (χ1n) is 6.03. The van der Waals surface area contributed by atoms with Crippen LogP contribution in [-0.4, -0.2) is 35.5 Å². The van der Waals surface area contributed by atoms with Crippen LogP contribution in [0.25, 0.3) is 11.2 Å². The summed E-state index contributed by atoms with van der Waals surface area (Å²) in [6.45, 7) is 5.50. The molecule has 1 unspecified atom stereocenters. The van der Waals surface area contributed by atoms with Crippen LogP contribution >= 0.6 is 0 Å². The lowest BCUT2D eigenvalue weighted by Gasteiger charge is -2.07. The standard InChI is InChI=1S/C11H19N5OS/c1-4-16-10-9(8(2)14-16)13-11(12)15(10)6-5-7-18(3)17/h4-7H2,1-3H3,(H2,12,13). The number of hydrogen-bond donors (Lipinski definition) is 1. The first-order valence-corrected chi connectivity index (χ1v) is 7.76. The molecule has 18 heavy (non-hydrogen) atoms. The molecule has 0 fully saturated rings. The van der Waals surface area contributed by atoms with E-state index in [1.54, 1.807) is 6.26 Å². The van der Waals surface area contributed by atoms with Crippen LogP contribution in [0.2, 0.25) is 0 Å². The highest BCUT2D eigenvalue weighted by molar-refractivity contribution is 7.84. The number of nitrogen functional groups attached to an aromatic ring is 1. The average molecular weight is 269 g/mol. The molecule has 0 spiro atoms. The van der Waals surface area contributed by atoms with Gasteiger partial charge in [0.2, 0.25) is 5.95 Å². The molecule has 0 amide bonds. The minimum atomic E-state index is -0.766. The number of nitrogens with two attached hydrogens (primary N) is 1. The monoisotopic (exact) mass is 269 g/mol. The second kappa shape index (κ2) is 5.09. The molecule has 7 heteroatoms. The molecule has 6 nitrogen and oxygen atoms in total. The SMILES string of the molecule is CCn1nc(C)c2nc(N)n(CCCS(C)=O)c21. The van der Waals surface area contributed by atoms with Crippen molar-refractivity contribution in [2.75, 3.05) is 17.7 Å². The molecule has 2 aromatic rings. The maximum absolute atomic E-state index is 11.1. The molecule has 0 aliphatic carbocycles. The molecular weight excluding hydrogens is 250 g/mol. The predicted molar refractivity (Wildman–Crippen MR) is 73.9 cm³/mol. The minimum Gasteiger partial charge on any atom is -0.369 e. The third kappa shape index (κ3) is 2.27. The smallest absolute Gasteiger partial charge is 0.202 e. The van der Waals surface area contributed by atoms with Crippen molar-refractivity contribution in [2.45, 2.75) is 33.4 Å². The Labute approximate surface area is 109 Å². The van der Waals surface area contributed by atoms with E-state index < -0.39 is 10.8 Å². The molecule has 0 saturated heterocycles. The number of aryl methyl sites for hydroxylation is 3. The van der Waals surface area contributed by atoms with Crippen molar-refractivity contribution in [1.82, 2.24) is 19.3 Å². The summed E-state index contributed by atoms with van der Waals surface area (Å²) in [5.74, 6) is 1.19. The molecule has 0 aromatic carbocycles. The molecule has 0 aliphatic heterocycles. The van der Waals surface area contributed by atoms with Gasteiger partial charge in [0.25, 0.3) is 0 Å². The zero-order chi connectivity index (χ0) is 13.3. The Kier molecular flexibility index (Phi) is 3.70. The molecule has 1 atom stereocenters. The van der Waals surface area contributed by atoms with Crippen LogP contribution in [0, 0.1) is 6.92 Å². The van der Waals surface area contributed by atoms with Crippen molar-refractivity contribution < 1.29 is 4.21 Å². The van der Waals surface area contributed by atoms with Gasteiger partial charge in [-0.25, -0.2) is 9.67 Å². The Hall–Kier alpha value is -1.37. The van der Waals surface area contributed by atoms with Gasteiger partial charge in [0.15, 0.2) is 5.65 Å². The highest BCUT2D eigenvalue weighted by atomic mass is 32.2. The molecule has 2 N–H and O–H groups in total. The van der Waals surface area contributed by atoms with Gasteiger partial charge in [-0.05, 0) is 20.3 Å². The Morgan fingerprint density at radius 3 is 2.78 bits per heavy atom. The lowest BCUT2D eigenvalue weighted by atomic mass is 10.4. The van der Waals surface area contributed by atoms with Crippen LogP contribution in [0.15, 0.2) is 0 Å². The molecule has 0 radical (unpaired) electrons. The van der Waals surface area contributed by atoms with E-state index in [1.165, 1.54) is 0 Å². The summed E-state index contributed by atoms with van der Waals surface area (Å²) in [6, 6.07) is 0. The van der Waals surface area contributed by atoms with Gasteiger partial charge >= 0.3 is 0 Å². The second-order valence-corrected chi connectivity index (χ2v) is 5.88. The van der Waals surface area contributed by atoms with Gasteiger partial charge in [-0.1, -0.05) is 0 Å². The number of aromatic nitrogens is 4. The van der Waals surface area contributed by atoms with Crippen molar-refractivity contribution in [2.24, 2.45) is 0 Å². The molecule has 2 rings (SSSR count). The summed E-state index contributed by atoms with van der Waals surface area (Å²) in [5, 5.41) is 4.43. The van der Waals surface area contributed by atoms with Crippen LogP contribution in [-0.2, 0) is 23.9 Å². The Morgan fingerprint density at radius 1 is 1.44 bits per heavy atom. The molecule has 2 aromatic heterocycles. The first kappa shape index (κ1) is 13.1. The maximum atomic E-state index is 11.1. The molecule has 0 saturated carbocycles. The number of hydrogen-bond acceptors (Lipinski definition) is 4. The minimum absolute atomic E-state index is 0.509. The van der Waals surface area contributed by atoms with Crippen LogP contribution in [0.4, 0.5) is 5.95 Å². The summed E-state index contributed by atoms with van der Waals surface area (Å²) >= 11 is 0. The highest BCUT2D eigenvalue weighted by Gasteiger charge is 2.16. The lowest BCUT2D eigenvalue weighted by Crippen LogP contribution is -2.10. The number of rotatable bonds is 5. The first-order chi connectivity index (χ1) is 8.54. The topological polar surface area (TPSA) is 78.7 Å². The van der Waals surface area contributed by atoms with Gasteiger partial charge in [-0.15, -0.1) is 0 Å². The van der Waals surface area contributed by atoms with E-state index in [1.807, 2.05) is 23.1 Å². The van der Waals surface area contributed by atoms with E-state index in [2.05, 4.69) is 10.1 Å². The van der Waals surface area contributed by atoms with Gasteiger partial charge in [-0.2, -0.15) is 5.10 Å². The van der Waals surface area contributed by atoms with Crippen molar-refractivity contribution in [3.8, 4) is 0 Å². The summed E-state index contributed by atoms with van der Waals surface area (Å²) < 4.78 is 15.0. The van der Waals surface area contributed by atoms with Gasteiger partial charge < -0.3 is 5.73 Å². The summed E-state index contributed by atoms with van der Waals surface area (Å²) in [5.41, 5.74) is 8.68. The van der Waals surface area contributed by atoms with Crippen LogP contribution in [0.5, 0.6) is 0 Å². The number of fused-ring (bicyclic) bond motifs is 1. The molecule has 0 bridgehead atoms. The van der Waals surface area contributed by atoms with Gasteiger partial charge in [0.1, 0.15) is 5.52 Å². The van der Waals surface area contributed by atoms with Crippen LogP contribution < -0.4 is 5.73 Å². The van der Waals surface area contributed by atoms with Gasteiger partial charge in [0, 0.05) is 35.9 Å². The number of nitrogens with zero attached hydrogens (tertiary/aromatic N) is 4. The maximum Gasteiger partial charge on any atom is 0.202 e. The summed E-state index contributed by atoms with van der Waals surface area (Å²) in [6.07, 6.45) is 2.54. The normalized spacial score (nSPS) is 13.3. The van der Waals surface area contributed by atoms with Gasteiger partial charge in [-0.3, -0.25) is 8.78 Å². The fourth-order valence-electron chi connectivity index (χ4n) is 2.11. The lowest BCUT2D eigenvalue weighted by molar-refractivity contribution is 0.624. The van der Waals surface area contributed by atoms with E-state index in [4.69, 9.17) is 5.73 Å².